The summed E-state index contributed by atoms with van der Waals surface area (Å²) in [5, 5.41) is 9.88. The lowest BCUT2D eigenvalue weighted by Gasteiger charge is -2.29. The van der Waals surface area contributed by atoms with Gasteiger partial charge in [0.15, 0.2) is 0 Å². The van der Waals surface area contributed by atoms with Crippen LogP contribution in [0.2, 0.25) is 0 Å². The number of carbonyl (C=O) groups excluding carboxylic acids is 1. The average molecular weight is 279 g/mol. The molecule has 1 fully saturated rings. The zero-order chi connectivity index (χ0) is 14.8. The number of likely N-dealkylation sites (tertiary alicyclic amines) is 1. The zero-order valence-electron chi connectivity index (χ0n) is 12.2. The second-order valence-electron chi connectivity index (χ2n) is 6.00. The predicted octanol–water partition coefficient (Wildman–Crippen LogP) is 1.11. The molecule has 1 saturated heterocycles. The normalized spacial score (nSPS) is 22.2. The predicted molar refractivity (Wildman–Crippen MR) is 73.5 cm³/mol. The Kier molecular flexibility index (Phi) is 4.23. The molecule has 0 saturated carbocycles. The molecule has 0 radical (unpaired) electrons. The van der Waals surface area contributed by atoms with Crippen LogP contribution in [0.1, 0.15) is 37.0 Å². The fourth-order valence-electron chi connectivity index (χ4n) is 2.59. The molecule has 1 atom stereocenters. The summed E-state index contributed by atoms with van der Waals surface area (Å²) in [6, 6.07) is 0.244. The van der Waals surface area contributed by atoms with Crippen molar-refractivity contribution in [2.75, 3.05) is 20.2 Å². The van der Waals surface area contributed by atoms with E-state index in [0.717, 1.165) is 0 Å². The number of rotatable bonds is 2. The maximum atomic E-state index is 12.5. The van der Waals surface area contributed by atoms with Gasteiger partial charge in [0.1, 0.15) is 0 Å². The van der Waals surface area contributed by atoms with Gasteiger partial charge < -0.3 is 14.7 Å². The first-order valence-corrected chi connectivity index (χ1v) is 6.75. The number of amides is 1. The molecule has 0 bridgehead atoms. The standard InChI is InChI=1S/C14H21N3O3/c1-14(2)6-11(18)4-5-17(9-14)12(19)10-7-15-13(20-3)16-8-10/h7-8,11,18H,4-6,9H2,1-3H3. The Bertz CT molecular complexity index is 473. The van der Waals surface area contributed by atoms with E-state index in [4.69, 9.17) is 4.74 Å². The molecule has 110 valence electrons. The summed E-state index contributed by atoms with van der Waals surface area (Å²) >= 11 is 0. The molecular weight excluding hydrogens is 258 g/mol. The van der Waals surface area contributed by atoms with E-state index in [1.165, 1.54) is 19.5 Å². The van der Waals surface area contributed by atoms with E-state index in [1.807, 2.05) is 0 Å². The smallest absolute Gasteiger partial charge is 0.316 e. The van der Waals surface area contributed by atoms with E-state index in [-0.39, 0.29) is 23.4 Å². The van der Waals surface area contributed by atoms with Gasteiger partial charge in [0, 0.05) is 25.5 Å². The van der Waals surface area contributed by atoms with Crippen LogP contribution in [-0.2, 0) is 0 Å². The van der Waals surface area contributed by atoms with Gasteiger partial charge in [0.2, 0.25) is 0 Å². The Morgan fingerprint density at radius 2 is 2.10 bits per heavy atom. The van der Waals surface area contributed by atoms with E-state index in [0.29, 0.717) is 31.5 Å². The van der Waals surface area contributed by atoms with Gasteiger partial charge in [-0.25, -0.2) is 9.97 Å². The first-order chi connectivity index (χ1) is 9.41. The highest BCUT2D eigenvalue weighted by atomic mass is 16.5. The minimum absolute atomic E-state index is 0.0983. The molecule has 1 aromatic rings. The number of carbonyl (C=O) groups is 1. The maximum Gasteiger partial charge on any atom is 0.316 e. The summed E-state index contributed by atoms with van der Waals surface area (Å²) in [5.74, 6) is -0.102. The maximum absolute atomic E-state index is 12.5. The summed E-state index contributed by atoms with van der Waals surface area (Å²) in [5.41, 5.74) is 0.344. The van der Waals surface area contributed by atoms with Crippen molar-refractivity contribution in [3.8, 4) is 6.01 Å². The first-order valence-electron chi connectivity index (χ1n) is 6.75. The molecule has 20 heavy (non-hydrogen) atoms. The molecule has 0 aromatic carbocycles. The third-order valence-corrected chi connectivity index (χ3v) is 3.48. The van der Waals surface area contributed by atoms with Gasteiger partial charge in [-0.2, -0.15) is 0 Å². The first kappa shape index (κ1) is 14.7. The molecule has 0 spiro atoms. The highest BCUT2D eigenvalue weighted by Gasteiger charge is 2.31. The van der Waals surface area contributed by atoms with Gasteiger partial charge in [-0.1, -0.05) is 13.8 Å². The lowest BCUT2D eigenvalue weighted by atomic mass is 9.87. The molecule has 1 amide bonds. The third kappa shape index (κ3) is 3.45. The van der Waals surface area contributed by atoms with Crippen molar-refractivity contribution < 1.29 is 14.6 Å². The van der Waals surface area contributed by atoms with Crippen LogP contribution in [0.15, 0.2) is 12.4 Å². The van der Waals surface area contributed by atoms with Crippen LogP contribution in [0.4, 0.5) is 0 Å². The quantitative estimate of drug-likeness (QED) is 0.877. The number of aromatic nitrogens is 2. The Hall–Kier alpha value is -1.69. The van der Waals surface area contributed by atoms with Gasteiger partial charge in [0.25, 0.3) is 5.91 Å². The Morgan fingerprint density at radius 3 is 2.70 bits per heavy atom. The second-order valence-corrected chi connectivity index (χ2v) is 6.00. The summed E-state index contributed by atoms with van der Waals surface area (Å²) in [4.78, 5) is 22.2. The molecule has 1 aliphatic heterocycles. The minimum atomic E-state index is -0.352. The van der Waals surface area contributed by atoms with E-state index >= 15 is 0 Å². The zero-order valence-corrected chi connectivity index (χ0v) is 12.2. The highest BCUT2D eigenvalue weighted by Crippen LogP contribution is 2.29. The molecular formula is C14H21N3O3. The van der Waals surface area contributed by atoms with Gasteiger partial charge in [-0.3, -0.25) is 4.79 Å². The topological polar surface area (TPSA) is 75.5 Å². The van der Waals surface area contributed by atoms with E-state index in [9.17, 15) is 9.90 Å². The van der Waals surface area contributed by atoms with Crippen molar-refractivity contribution in [1.29, 1.82) is 0 Å². The van der Waals surface area contributed by atoms with E-state index in [1.54, 1.807) is 4.90 Å². The molecule has 2 rings (SSSR count). The third-order valence-electron chi connectivity index (χ3n) is 3.48. The van der Waals surface area contributed by atoms with Crippen molar-refractivity contribution in [3.05, 3.63) is 18.0 Å². The number of methoxy groups -OCH3 is 1. The Morgan fingerprint density at radius 1 is 1.45 bits per heavy atom. The van der Waals surface area contributed by atoms with Crippen molar-refractivity contribution >= 4 is 5.91 Å². The van der Waals surface area contributed by atoms with Crippen LogP contribution in [0.25, 0.3) is 0 Å². The van der Waals surface area contributed by atoms with Crippen LogP contribution in [0.3, 0.4) is 0 Å². The average Bonchev–Trinajstić information content (AvgIpc) is 2.55. The highest BCUT2D eigenvalue weighted by molar-refractivity contribution is 5.93. The van der Waals surface area contributed by atoms with Gasteiger partial charge in [0.05, 0.1) is 18.8 Å². The molecule has 2 heterocycles. The van der Waals surface area contributed by atoms with Crippen molar-refractivity contribution in [3.63, 3.8) is 0 Å². The molecule has 1 N–H and O–H groups in total. The Balaban J connectivity index is 2.14. The molecule has 6 heteroatoms. The number of hydrogen-bond acceptors (Lipinski definition) is 5. The number of ether oxygens (including phenoxy) is 1. The lowest BCUT2D eigenvalue weighted by Crippen LogP contribution is -2.37. The van der Waals surface area contributed by atoms with E-state index < -0.39 is 0 Å². The van der Waals surface area contributed by atoms with Crippen molar-refractivity contribution in [1.82, 2.24) is 14.9 Å². The van der Waals surface area contributed by atoms with Crippen LogP contribution < -0.4 is 4.74 Å². The van der Waals surface area contributed by atoms with Crippen LogP contribution in [0.5, 0.6) is 6.01 Å². The van der Waals surface area contributed by atoms with Gasteiger partial charge in [-0.15, -0.1) is 0 Å². The molecule has 1 aliphatic rings. The van der Waals surface area contributed by atoms with Crippen molar-refractivity contribution in [2.45, 2.75) is 32.8 Å². The van der Waals surface area contributed by atoms with Crippen molar-refractivity contribution in [2.24, 2.45) is 5.41 Å². The summed E-state index contributed by atoms with van der Waals surface area (Å²) in [6.45, 7) is 5.29. The monoisotopic (exact) mass is 279 g/mol. The number of aliphatic hydroxyl groups is 1. The second kappa shape index (κ2) is 5.75. The summed E-state index contributed by atoms with van der Waals surface area (Å²) < 4.78 is 4.88. The largest absolute Gasteiger partial charge is 0.467 e. The molecule has 6 nitrogen and oxygen atoms in total. The number of aliphatic hydroxyl groups excluding tert-OH is 1. The van der Waals surface area contributed by atoms with Crippen LogP contribution in [-0.4, -0.2) is 52.2 Å². The SMILES string of the molecule is COc1ncc(C(=O)N2CCC(O)CC(C)(C)C2)cn1. The molecule has 0 aliphatic carbocycles. The fraction of sp³-hybridized carbons (Fsp3) is 0.643. The lowest BCUT2D eigenvalue weighted by molar-refractivity contribution is 0.0704. The van der Waals surface area contributed by atoms with Gasteiger partial charge in [-0.05, 0) is 18.3 Å². The molecule has 1 aromatic heterocycles. The van der Waals surface area contributed by atoms with E-state index in [2.05, 4.69) is 23.8 Å². The summed E-state index contributed by atoms with van der Waals surface area (Å²) in [7, 11) is 1.48. The molecule has 1 unspecified atom stereocenters. The number of hydrogen-bond donors (Lipinski definition) is 1. The van der Waals surface area contributed by atoms with Gasteiger partial charge >= 0.3 is 6.01 Å². The fourth-order valence-corrected chi connectivity index (χ4v) is 2.59. The Labute approximate surface area is 118 Å². The van der Waals surface area contributed by atoms with Crippen LogP contribution in [0, 0.1) is 5.41 Å². The van der Waals surface area contributed by atoms with Crippen LogP contribution >= 0.6 is 0 Å². The minimum Gasteiger partial charge on any atom is -0.467 e. The summed E-state index contributed by atoms with van der Waals surface area (Å²) in [6.07, 6.45) is 3.91. The number of nitrogens with zero attached hydrogens (tertiary/aromatic N) is 3.